The molecule has 0 aromatic heterocycles. The lowest BCUT2D eigenvalue weighted by atomic mass is 9.80. The summed E-state index contributed by atoms with van der Waals surface area (Å²) in [5, 5.41) is 0. The molecule has 0 radical (unpaired) electrons. The Bertz CT molecular complexity index is 655. The van der Waals surface area contributed by atoms with Crippen LogP contribution >= 0.6 is 15.9 Å². The fraction of sp³-hybridized carbons (Fsp3) is 0.333. The summed E-state index contributed by atoms with van der Waals surface area (Å²) in [5.74, 6) is -0.230. The zero-order chi connectivity index (χ0) is 14.9. The molecule has 1 unspecified atom stereocenters. The predicted molar refractivity (Wildman–Crippen MR) is 87.7 cm³/mol. The molecule has 0 aliphatic heterocycles. The van der Waals surface area contributed by atoms with Crippen molar-refractivity contribution in [2.45, 2.75) is 37.6 Å². The van der Waals surface area contributed by atoms with Gasteiger partial charge in [-0.05, 0) is 70.4 Å². The molecule has 3 rings (SSSR count). The number of rotatable bonds is 2. The van der Waals surface area contributed by atoms with E-state index in [-0.39, 0.29) is 11.4 Å². The zero-order valence-electron chi connectivity index (χ0n) is 11.9. The third kappa shape index (κ3) is 3.04. The lowest BCUT2D eigenvalue weighted by Gasteiger charge is -2.30. The molecule has 3 heteroatoms. The second-order valence-electron chi connectivity index (χ2n) is 5.95. The maximum Gasteiger partial charge on any atom is 0.137 e. The van der Waals surface area contributed by atoms with Crippen LogP contribution in [0, 0.1) is 5.82 Å². The van der Waals surface area contributed by atoms with E-state index in [1.807, 2.05) is 12.1 Å². The average Bonchev–Trinajstić information content (AvgIpc) is 2.63. The molecular formula is C18H19BrFN. The molecule has 0 saturated heterocycles. The molecule has 1 nitrogen and oxygen atoms in total. The Morgan fingerprint density at radius 1 is 1.14 bits per heavy atom. The Balaban J connectivity index is 1.97. The van der Waals surface area contributed by atoms with Crippen molar-refractivity contribution in [3.8, 4) is 0 Å². The van der Waals surface area contributed by atoms with Crippen LogP contribution in [0.15, 0.2) is 46.9 Å². The molecule has 2 N–H and O–H groups in total. The van der Waals surface area contributed by atoms with Crippen molar-refractivity contribution in [3.05, 3.63) is 69.4 Å². The smallest absolute Gasteiger partial charge is 0.137 e. The molecule has 2 aromatic rings. The van der Waals surface area contributed by atoms with E-state index < -0.39 is 0 Å². The minimum Gasteiger partial charge on any atom is -0.321 e. The quantitative estimate of drug-likeness (QED) is 0.782. The summed E-state index contributed by atoms with van der Waals surface area (Å²) < 4.78 is 13.9. The first-order valence-corrected chi connectivity index (χ1v) is 8.19. The monoisotopic (exact) mass is 347 g/mol. The van der Waals surface area contributed by atoms with Crippen LogP contribution < -0.4 is 5.73 Å². The maximum atomic E-state index is 13.4. The first-order chi connectivity index (χ1) is 10.1. The third-order valence-corrected chi connectivity index (χ3v) is 4.98. The van der Waals surface area contributed by atoms with Gasteiger partial charge in [-0.2, -0.15) is 0 Å². The van der Waals surface area contributed by atoms with Crippen LogP contribution in [0.2, 0.25) is 0 Å². The summed E-state index contributed by atoms with van der Waals surface area (Å²) in [6, 6.07) is 13.7. The number of hydrogen-bond donors (Lipinski definition) is 1. The summed E-state index contributed by atoms with van der Waals surface area (Å²) in [6.07, 6.45) is 5.13. The van der Waals surface area contributed by atoms with E-state index in [1.165, 1.54) is 23.6 Å². The van der Waals surface area contributed by atoms with Gasteiger partial charge in [-0.25, -0.2) is 4.39 Å². The van der Waals surface area contributed by atoms with Gasteiger partial charge in [-0.15, -0.1) is 0 Å². The average molecular weight is 348 g/mol. The minimum atomic E-state index is -0.357. The predicted octanol–water partition coefficient (Wildman–Crippen LogP) is 4.71. The molecular weight excluding hydrogens is 329 g/mol. The minimum absolute atomic E-state index is 0.230. The molecule has 1 aliphatic carbocycles. The normalized spacial score (nSPS) is 21.7. The molecule has 0 saturated carbocycles. The Labute approximate surface area is 133 Å². The van der Waals surface area contributed by atoms with Gasteiger partial charge in [0.15, 0.2) is 0 Å². The van der Waals surface area contributed by atoms with Crippen molar-refractivity contribution in [3.63, 3.8) is 0 Å². The SMILES string of the molecule is NC1(Cc2ccc(F)c(Br)c2)CCCCc2ccccc21. The Morgan fingerprint density at radius 3 is 2.76 bits per heavy atom. The highest BCUT2D eigenvalue weighted by molar-refractivity contribution is 9.10. The van der Waals surface area contributed by atoms with E-state index in [0.29, 0.717) is 4.47 Å². The van der Waals surface area contributed by atoms with Gasteiger partial charge in [0.25, 0.3) is 0 Å². The number of nitrogens with two attached hydrogens (primary N) is 1. The molecule has 110 valence electrons. The summed E-state index contributed by atoms with van der Waals surface area (Å²) in [7, 11) is 0. The van der Waals surface area contributed by atoms with Gasteiger partial charge >= 0.3 is 0 Å². The van der Waals surface area contributed by atoms with Crippen LogP contribution in [0.4, 0.5) is 4.39 Å². The van der Waals surface area contributed by atoms with Crippen molar-refractivity contribution >= 4 is 15.9 Å². The molecule has 0 spiro atoms. The van der Waals surface area contributed by atoms with Gasteiger partial charge in [0.2, 0.25) is 0 Å². The fourth-order valence-corrected chi connectivity index (χ4v) is 3.74. The molecule has 0 bridgehead atoms. The van der Waals surface area contributed by atoms with E-state index in [0.717, 1.165) is 31.2 Å². The van der Waals surface area contributed by atoms with Crippen molar-refractivity contribution in [2.24, 2.45) is 5.73 Å². The summed E-state index contributed by atoms with van der Waals surface area (Å²) in [6.45, 7) is 0. The third-order valence-electron chi connectivity index (χ3n) is 4.38. The van der Waals surface area contributed by atoms with Gasteiger partial charge in [0, 0.05) is 5.54 Å². The van der Waals surface area contributed by atoms with E-state index in [9.17, 15) is 4.39 Å². The first kappa shape index (κ1) is 14.7. The molecule has 1 atom stereocenters. The van der Waals surface area contributed by atoms with E-state index >= 15 is 0 Å². The number of hydrogen-bond acceptors (Lipinski definition) is 1. The van der Waals surface area contributed by atoms with Gasteiger partial charge in [0.1, 0.15) is 5.82 Å². The van der Waals surface area contributed by atoms with Crippen molar-refractivity contribution in [2.75, 3.05) is 0 Å². The lowest BCUT2D eigenvalue weighted by molar-refractivity contribution is 0.398. The van der Waals surface area contributed by atoms with Crippen LogP contribution in [-0.2, 0) is 18.4 Å². The molecule has 21 heavy (non-hydrogen) atoms. The molecule has 1 aliphatic rings. The standard InChI is InChI=1S/C18H19BrFN/c19-16-11-13(8-9-17(16)20)12-18(21)10-4-3-6-14-5-1-2-7-15(14)18/h1-2,5,7-9,11H,3-4,6,10,12,21H2. The topological polar surface area (TPSA) is 26.0 Å². The van der Waals surface area contributed by atoms with Gasteiger partial charge in [-0.3, -0.25) is 0 Å². The molecule has 0 fully saturated rings. The Hall–Kier alpha value is -1.19. The summed E-state index contributed by atoms with van der Waals surface area (Å²) >= 11 is 3.26. The summed E-state index contributed by atoms with van der Waals surface area (Å²) in [4.78, 5) is 0. The molecule has 2 aromatic carbocycles. The fourth-order valence-electron chi connectivity index (χ4n) is 3.31. The molecule has 0 amide bonds. The second-order valence-corrected chi connectivity index (χ2v) is 6.80. The van der Waals surface area contributed by atoms with Crippen LogP contribution in [0.3, 0.4) is 0 Å². The number of benzene rings is 2. The van der Waals surface area contributed by atoms with E-state index in [2.05, 4.69) is 40.2 Å². The van der Waals surface area contributed by atoms with Gasteiger partial charge in [-0.1, -0.05) is 36.8 Å². The second kappa shape index (κ2) is 5.90. The van der Waals surface area contributed by atoms with Crippen molar-refractivity contribution in [1.82, 2.24) is 0 Å². The largest absolute Gasteiger partial charge is 0.321 e. The number of aryl methyl sites for hydroxylation is 1. The van der Waals surface area contributed by atoms with Crippen molar-refractivity contribution < 1.29 is 4.39 Å². The molecule has 0 heterocycles. The highest BCUT2D eigenvalue weighted by Gasteiger charge is 2.31. The maximum absolute atomic E-state index is 13.4. The van der Waals surface area contributed by atoms with Crippen LogP contribution in [0.1, 0.15) is 36.0 Å². The van der Waals surface area contributed by atoms with Crippen LogP contribution in [0.25, 0.3) is 0 Å². The van der Waals surface area contributed by atoms with E-state index in [4.69, 9.17) is 5.73 Å². The van der Waals surface area contributed by atoms with Gasteiger partial charge in [0.05, 0.1) is 4.47 Å². The van der Waals surface area contributed by atoms with Crippen molar-refractivity contribution in [1.29, 1.82) is 0 Å². The first-order valence-electron chi connectivity index (χ1n) is 7.40. The number of fused-ring (bicyclic) bond motifs is 1. The zero-order valence-corrected chi connectivity index (χ0v) is 13.5. The Kier molecular flexibility index (Phi) is 4.14. The highest BCUT2D eigenvalue weighted by Crippen LogP contribution is 2.35. The Morgan fingerprint density at radius 2 is 1.95 bits per heavy atom. The van der Waals surface area contributed by atoms with Gasteiger partial charge < -0.3 is 5.73 Å². The summed E-state index contributed by atoms with van der Waals surface area (Å²) in [5.41, 5.74) is 10.1. The van der Waals surface area contributed by atoms with Crippen LogP contribution in [-0.4, -0.2) is 0 Å². The highest BCUT2D eigenvalue weighted by atomic mass is 79.9. The number of halogens is 2. The van der Waals surface area contributed by atoms with E-state index in [1.54, 1.807) is 0 Å². The lowest BCUT2D eigenvalue weighted by Crippen LogP contribution is -2.39. The van der Waals surface area contributed by atoms with Crippen LogP contribution in [0.5, 0.6) is 0 Å².